The molecule has 3 heteroatoms. The van der Waals surface area contributed by atoms with Gasteiger partial charge in [0.25, 0.3) is 0 Å². The van der Waals surface area contributed by atoms with E-state index in [1.807, 2.05) is 11.8 Å². The smallest absolute Gasteiger partial charge is 0.0483 e. The van der Waals surface area contributed by atoms with Crippen LogP contribution < -0.4 is 5.32 Å². The first-order valence-corrected chi connectivity index (χ1v) is 8.41. The van der Waals surface area contributed by atoms with E-state index in [-0.39, 0.29) is 0 Å². The second kappa shape index (κ2) is 6.02. The Morgan fingerprint density at radius 2 is 2.21 bits per heavy atom. The van der Waals surface area contributed by atoms with Crippen LogP contribution in [-0.4, -0.2) is 22.1 Å². The van der Waals surface area contributed by atoms with Crippen LogP contribution in [0.1, 0.15) is 25.3 Å². The monoisotopic (exact) mass is 274 g/mol. The summed E-state index contributed by atoms with van der Waals surface area (Å²) in [6.45, 7) is 4.34. The van der Waals surface area contributed by atoms with Crippen LogP contribution >= 0.6 is 11.8 Å². The fraction of sp³-hybridized carbons (Fsp3) is 0.500. The number of aryl methyl sites for hydroxylation is 1. The summed E-state index contributed by atoms with van der Waals surface area (Å²) in [6.07, 6.45) is 4.93. The molecule has 102 valence electrons. The Balaban J connectivity index is 1.72. The van der Waals surface area contributed by atoms with Gasteiger partial charge in [-0.2, -0.15) is 11.8 Å². The van der Waals surface area contributed by atoms with Crippen LogP contribution in [-0.2, 0) is 13.1 Å². The lowest BCUT2D eigenvalue weighted by Gasteiger charge is -2.07. The molecule has 0 unspecified atom stereocenters. The van der Waals surface area contributed by atoms with Gasteiger partial charge in [-0.25, -0.2) is 0 Å². The number of benzene rings is 1. The number of nitrogens with one attached hydrogen (secondary N) is 1. The fourth-order valence-corrected chi connectivity index (χ4v) is 3.01. The number of thioether (sulfide) groups is 1. The molecule has 0 spiro atoms. The molecule has 0 aliphatic heterocycles. The van der Waals surface area contributed by atoms with E-state index in [0.29, 0.717) is 0 Å². The number of rotatable bonds is 7. The first-order chi connectivity index (χ1) is 9.36. The molecule has 1 fully saturated rings. The zero-order chi connectivity index (χ0) is 13.1. The highest BCUT2D eigenvalue weighted by atomic mass is 32.2. The van der Waals surface area contributed by atoms with Crippen LogP contribution in [0.15, 0.2) is 30.5 Å². The van der Waals surface area contributed by atoms with Crippen molar-refractivity contribution in [1.29, 1.82) is 0 Å². The molecule has 1 aliphatic carbocycles. The van der Waals surface area contributed by atoms with Crippen LogP contribution in [0.2, 0.25) is 0 Å². The van der Waals surface area contributed by atoms with Crippen LogP contribution in [0.4, 0.5) is 0 Å². The molecular formula is C16H22N2S. The maximum absolute atomic E-state index is 3.59. The minimum Gasteiger partial charge on any atom is -0.347 e. The highest BCUT2D eigenvalue weighted by Crippen LogP contribution is 2.21. The van der Waals surface area contributed by atoms with Crippen molar-refractivity contribution in [2.24, 2.45) is 0 Å². The van der Waals surface area contributed by atoms with Gasteiger partial charge < -0.3 is 9.88 Å². The molecule has 1 saturated carbocycles. The lowest BCUT2D eigenvalue weighted by molar-refractivity contribution is 0.688. The molecule has 1 aromatic heterocycles. The minimum atomic E-state index is 0.781. The lowest BCUT2D eigenvalue weighted by Crippen LogP contribution is -2.15. The highest BCUT2D eigenvalue weighted by molar-refractivity contribution is 7.99. The molecule has 0 radical (unpaired) electrons. The van der Waals surface area contributed by atoms with E-state index in [9.17, 15) is 0 Å². The Kier molecular flexibility index (Phi) is 4.14. The summed E-state index contributed by atoms with van der Waals surface area (Å²) < 4.78 is 2.39. The second-order valence-corrected chi connectivity index (χ2v) is 6.65. The summed E-state index contributed by atoms with van der Waals surface area (Å²) in [5.41, 5.74) is 2.79. The largest absolute Gasteiger partial charge is 0.347 e. The summed E-state index contributed by atoms with van der Waals surface area (Å²) in [7, 11) is 0. The van der Waals surface area contributed by atoms with E-state index in [1.165, 1.54) is 40.8 Å². The molecular weight excluding hydrogens is 252 g/mol. The number of nitrogens with zero attached hydrogens (tertiary/aromatic N) is 1. The van der Waals surface area contributed by atoms with Crippen LogP contribution in [0, 0.1) is 0 Å². The molecule has 2 aromatic rings. The van der Waals surface area contributed by atoms with Crippen molar-refractivity contribution in [3.05, 3.63) is 36.0 Å². The molecule has 19 heavy (non-hydrogen) atoms. The van der Waals surface area contributed by atoms with Gasteiger partial charge in [-0.05, 0) is 41.7 Å². The van der Waals surface area contributed by atoms with Gasteiger partial charge in [-0.1, -0.05) is 19.1 Å². The number of hydrogen-bond donors (Lipinski definition) is 1. The van der Waals surface area contributed by atoms with Crippen LogP contribution in [0.25, 0.3) is 10.9 Å². The van der Waals surface area contributed by atoms with E-state index >= 15 is 0 Å². The number of fused-ring (bicyclic) bond motifs is 1. The van der Waals surface area contributed by atoms with Crippen molar-refractivity contribution in [2.45, 2.75) is 38.9 Å². The number of hydrogen-bond acceptors (Lipinski definition) is 2. The lowest BCUT2D eigenvalue weighted by atomic mass is 10.1. The summed E-state index contributed by atoms with van der Waals surface area (Å²) in [5.74, 6) is 2.40. The van der Waals surface area contributed by atoms with Gasteiger partial charge in [0.1, 0.15) is 0 Å². The summed E-state index contributed by atoms with van der Waals surface area (Å²) in [4.78, 5) is 0. The summed E-state index contributed by atoms with van der Waals surface area (Å²) in [6, 6.07) is 9.86. The molecule has 0 saturated heterocycles. The number of aromatic nitrogens is 1. The van der Waals surface area contributed by atoms with Crippen molar-refractivity contribution in [1.82, 2.24) is 9.88 Å². The fourth-order valence-electron chi connectivity index (χ4n) is 2.39. The third-order valence-corrected chi connectivity index (χ3v) is 4.57. The van der Waals surface area contributed by atoms with Gasteiger partial charge in [0.2, 0.25) is 0 Å². The average molecular weight is 274 g/mol. The van der Waals surface area contributed by atoms with Gasteiger partial charge in [0.05, 0.1) is 0 Å². The van der Waals surface area contributed by atoms with E-state index in [2.05, 4.69) is 47.3 Å². The Bertz CT molecular complexity index is 543. The first-order valence-electron chi connectivity index (χ1n) is 7.25. The van der Waals surface area contributed by atoms with E-state index in [4.69, 9.17) is 0 Å². The molecule has 1 aromatic carbocycles. The third-order valence-electron chi connectivity index (χ3n) is 3.69. The predicted octanol–water partition coefficient (Wildman–Crippen LogP) is 3.65. The van der Waals surface area contributed by atoms with E-state index in [1.54, 1.807) is 0 Å². The van der Waals surface area contributed by atoms with Gasteiger partial charge in [-0.15, -0.1) is 0 Å². The van der Waals surface area contributed by atoms with Crippen molar-refractivity contribution in [3.63, 3.8) is 0 Å². The molecule has 2 nitrogen and oxygen atoms in total. The summed E-state index contributed by atoms with van der Waals surface area (Å²) in [5, 5.41) is 4.95. The van der Waals surface area contributed by atoms with Crippen molar-refractivity contribution < 1.29 is 0 Å². The molecule has 3 rings (SSSR count). The Labute approximate surface area is 119 Å². The van der Waals surface area contributed by atoms with Gasteiger partial charge in [0, 0.05) is 36.6 Å². The average Bonchev–Trinajstić information content (AvgIpc) is 3.18. The maximum Gasteiger partial charge on any atom is 0.0483 e. The normalized spacial score (nSPS) is 15.2. The van der Waals surface area contributed by atoms with Crippen LogP contribution in [0.3, 0.4) is 0 Å². The van der Waals surface area contributed by atoms with Gasteiger partial charge >= 0.3 is 0 Å². The molecule has 0 amide bonds. The highest BCUT2D eigenvalue weighted by Gasteiger charge is 2.19. The molecule has 0 atom stereocenters. The van der Waals surface area contributed by atoms with Crippen molar-refractivity contribution >= 4 is 22.7 Å². The predicted molar refractivity (Wildman–Crippen MR) is 84.8 cm³/mol. The molecule has 1 heterocycles. The zero-order valence-electron chi connectivity index (χ0n) is 11.6. The van der Waals surface area contributed by atoms with E-state index < -0.39 is 0 Å². The van der Waals surface area contributed by atoms with Crippen LogP contribution in [0.5, 0.6) is 0 Å². The van der Waals surface area contributed by atoms with E-state index in [0.717, 1.165) is 19.1 Å². The second-order valence-electron chi connectivity index (χ2n) is 5.25. The quantitative estimate of drug-likeness (QED) is 0.776. The van der Waals surface area contributed by atoms with Gasteiger partial charge in [0.15, 0.2) is 0 Å². The molecule has 0 bridgehead atoms. The molecule has 1 aliphatic rings. The Morgan fingerprint density at radius 1 is 1.32 bits per heavy atom. The van der Waals surface area contributed by atoms with Crippen molar-refractivity contribution in [3.8, 4) is 0 Å². The van der Waals surface area contributed by atoms with Crippen molar-refractivity contribution in [2.75, 3.05) is 11.5 Å². The van der Waals surface area contributed by atoms with Gasteiger partial charge in [-0.3, -0.25) is 0 Å². The topological polar surface area (TPSA) is 17.0 Å². The Hall–Kier alpha value is -0.930. The summed E-state index contributed by atoms with van der Waals surface area (Å²) >= 11 is 2.01. The third kappa shape index (κ3) is 3.34. The first kappa shape index (κ1) is 13.1. The Morgan fingerprint density at radius 3 is 3.00 bits per heavy atom. The SMILES string of the molecule is CCSCCn1ccc2ccc(CNC3CC3)cc21. The maximum atomic E-state index is 3.59. The zero-order valence-corrected chi connectivity index (χ0v) is 12.4. The molecule has 1 N–H and O–H groups in total. The standard InChI is InChI=1S/C16H22N2S/c1-2-19-10-9-18-8-7-14-4-3-13(11-16(14)18)12-17-15-5-6-15/h3-4,7-8,11,15,17H,2,5-6,9-10,12H2,1H3. The minimum absolute atomic E-state index is 0.781.